The lowest BCUT2D eigenvalue weighted by molar-refractivity contribution is 0.286. The Kier molecular flexibility index (Phi) is 5.93. The Morgan fingerprint density at radius 1 is 1.35 bits per heavy atom. The first-order valence-corrected chi connectivity index (χ1v) is 8.91. The second kappa shape index (κ2) is 6.74. The zero-order valence-electron chi connectivity index (χ0n) is 11.4. The van der Waals surface area contributed by atoms with Crippen LogP contribution in [0.3, 0.4) is 0 Å². The summed E-state index contributed by atoms with van der Waals surface area (Å²) in [6, 6.07) is 0.513. The highest BCUT2D eigenvalue weighted by molar-refractivity contribution is 7.90. The summed E-state index contributed by atoms with van der Waals surface area (Å²) in [5, 5.41) is 3.55. The summed E-state index contributed by atoms with van der Waals surface area (Å²) in [7, 11) is -2.80. The van der Waals surface area contributed by atoms with Crippen molar-refractivity contribution in [1.82, 2.24) is 5.32 Å². The van der Waals surface area contributed by atoms with Crippen molar-refractivity contribution in [2.75, 3.05) is 18.6 Å². The molecule has 0 aromatic rings. The van der Waals surface area contributed by atoms with Crippen LogP contribution >= 0.6 is 0 Å². The van der Waals surface area contributed by atoms with Gasteiger partial charge in [0.1, 0.15) is 9.84 Å². The summed E-state index contributed by atoms with van der Waals surface area (Å²) >= 11 is 0. The monoisotopic (exact) mass is 261 g/mol. The van der Waals surface area contributed by atoms with Crippen LogP contribution in [0, 0.1) is 11.8 Å². The molecule has 3 unspecified atom stereocenters. The van der Waals surface area contributed by atoms with E-state index in [9.17, 15) is 8.42 Å². The lowest BCUT2D eigenvalue weighted by atomic mass is 9.87. The maximum atomic E-state index is 11.1. The molecule has 102 valence electrons. The summed E-state index contributed by atoms with van der Waals surface area (Å²) in [4.78, 5) is 0. The predicted molar refractivity (Wildman–Crippen MR) is 72.9 cm³/mol. The van der Waals surface area contributed by atoms with E-state index < -0.39 is 9.84 Å². The molecular formula is C13H27NO2S. The van der Waals surface area contributed by atoms with Gasteiger partial charge in [-0.2, -0.15) is 0 Å². The average Bonchev–Trinajstić information content (AvgIpc) is 2.61. The van der Waals surface area contributed by atoms with Gasteiger partial charge in [0.15, 0.2) is 0 Å². The number of hydrogen-bond acceptors (Lipinski definition) is 3. The molecule has 4 heteroatoms. The summed E-state index contributed by atoms with van der Waals surface area (Å²) in [5.74, 6) is 1.86. The van der Waals surface area contributed by atoms with Crippen LogP contribution in [0.1, 0.15) is 46.0 Å². The Bertz CT molecular complexity index is 313. The molecule has 0 bridgehead atoms. The zero-order chi connectivity index (χ0) is 12.9. The van der Waals surface area contributed by atoms with E-state index >= 15 is 0 Å². The molecular weight excluding hydrogens is 234 g/mol. The Labute approximate surface area is 106 Å². The summed E-state index contributed by atoms with van der Waals surface area (Å²) in [5.41, 5.74) is 0. The van der Waals surface area contributed by atoms with Crippen LogP contribution in [0.15, 0.2) is 0 Å². The van der Waals surface area contributed by atoms with Crippen LogP contribution in [0.2, 0.25) is 0 Å². The van der Waals surface area contributed by atoms with E-state index in [2.05, 4.69) is 19.2 Å². The zero-order valence-corrected chi connectivity index (χ0v) is 12.2. The molecule has 3 nitrogen and oxygen atoms in total. The number of nitrogens with one attached hydrogen (secondary N) is 1. The summed E-state index contributed by atoms with van der Waals surface area (Å²) < 4.78 is 22.3. The average molecular weight is 261 g/mol. The molecule has 1 fully saturated rings. The lowest BCUT2D eigenvalue weighted by Crippen LogP contribution is -2.37. The van der Waals surface area contributed by atoms with Gasteiger partial charge in [-0.1, -0.05) is 26.7 Å². The topological polar surface area (TPSA) is 46.2 Å². The van der Waals surface area contributed by atoms with Crippen molar-refractivity contribution < 1.29 is 8.42 Å². The van der Waals surface area contributed by atoms with Gasteiger partial charge in [0, 0.05) is 18.1 Å². The number of hydrogen-bond donors (Lipinski definition) is 1. The van der Waals surface area contributed by atoms with E-state index in [0.29, 0.717) is 11.8 Å². The van der Waals surface area contributed by atoms with Crippen molar-refractivity contribution in [1.29, 1.82) is 0 Å². The number of rotatable bonds is 7. The number of sulfone groups is 1. The second-order valence-corrected chi connectivity index (χ2v) is 7.77. The van der Waals surface area contributed by atoms with E-state index in [-0.39, 0.29) is 0 Å². The largest absolute Gasteiger partial charge is 0.314 e. The molecule has 1 aliphatic rings. The highest BCUT2D eigenvalue weighted by Crippen LogP contribution is 2.35. The maximum Gasteiger partial charge on any atom is 0.147 e. The fourth-order valence-corrected chi connectivity index (χ4v) is 3.76. The van der Waals surface area contributed by atoms with Crippen LogP contribution in [0.25, 0.3) is 0 Å². The minimum absolute atomic E-state index is 0.329. The summed E-state index contributed by atoms with van der Waals surface area (Å²) in [6.45, 7) is 5.44. The van der Waals surface area contributed by atoms with Crippen molar-refractivity contribution in [3.05, 3.63) is 0 Å². The molecule has 0 aromatic carbocycles. The third-order valence-electron chi connectivity index (χ3n) is 3.94. The van der Waals surface area contributed by atoms with E-state index in [1.54, 1.807) is 0 Å². The molecule has 1 N–H and O–H groups in total. The van der Waals surface area contributed by atoms with Gasteiger partial charge < -0.3 is 5.32 Å². The van der Waals surface area contributed by atoms with Gasteiger partial charge in [0.25, 0.3) is 0 Å². The van der Waals surface area contributed by atoms with Crippen LogP contribution < -0.4 is 5.32 Å². The van der Waals surface area contributed by atoms with Gasteiger partial charge in [-0.15, -0.1) is 0 Å². The van der Waals surface area contributed by atoms with Crippen LogP contribution in [-0.2, 0) is 9.84 Å². The first-order chi connectivity index (χ1) is 7.94. The minimum Gasteiger partial charge on any atom is -0.314 e. The minimum atomic E-state index is -2.80. The Morgan fingerprint density at radius 2 is 2.06 bits per heavy atom. The van der Waals surface area contributed by atoms with Gasteiger partial charge in [-0.25, -0.2) is 8.42 Å². The third kappa shape index (κ3) is 5.38. The Balaban J connectivity index is 2.43. The molecule has 1 rings (SSSR count). The molecule has 0 spiro atoms. The van der Waals surface area contributed by atoms with Gasteiger partial charge in [0.05, 0.1) is 0 Å². The lowest BCUT2D eigenvalue weighted by Gasteiger charge is -2.27. The smallest absolute Gasteiger partial charge is 0.147 e. The fraction of sp³-hybridized carbons (Fsp3) is 1.00. The highest BCUT2D eigenvalue weighted by Gasteiger charge is 2.30. The quantitative estimate of drug-likeness (QED) is 0.764. The van der Waals surface area contributed by atoms with E-state index in [4.69, 9.17) is 0 Å². The van der Waals surface area contributed by atoms with Gasteiger partial charge >= 0.3 is 0 Å². The second-order valence-electron chi connectivity index (χ2n) is 5.51. The normalized spacial score (nSPS) is 27.2. The molecule has 1 aliphatic carbocycles. The molecule has 0 radical (unpaired) electrons. The third-order valence-corrected chi connectivity index (χ3v) is 4.97. The van der Waals surface area contributed by atoms with Crippen molar-refractivity contribution in [3.8, 4) is 0 Å². The van der Waals surface area contributed by atoms with E-state index in [1.807, 2.05) is 0 Å². The standard InChI is InChI=1S/C13H27NO2S/c1-4-14-13(9-6-10-17(3,15)16)12-8-5-7-11(12)2/h11-14H,4-10H2,1-3H3. The van der Waals surface area contributed by atoms with Crippen LogP contribution in [0.5, 0.6) is 0 Å². The molecule has 1 saturated carbocycles. The van der Waals surface area contributed by atoms with Gasteiger partial charge in [0.2, 0.25) is 0 Å². The summed E-state index contributed by atoms with van der Waals surface area (Å²) in [6.07, 6.45) is 7.08. The first-order valence-electron chi connectivity index (χ1n) is 6.85. The van der Waals surface area contributed by atoms with Crippen molar-refractivity contribution in [3.63, 3.8) is 0 Å². The van der Waals surface area contributed by atoms with Gasteiger partial charge in [-0.05, 0) is 37.6 Å². The molecule has 0 aromatic heterocycles. The van der Waals surface area contributed by atoms with Crippen LogP contribution in [0.4, 0.5) is 0 Å². The first kappa shape index (κ1) is 15.0. The molecule has 17 heavy (non-hydrogen) atoms. The van der Waals surface area contributed by atoms with Gasteiger partial charge in [-0.3, -0.25) is 0 Å². The molecule has 0 heterocycles. The SMILES string of the molecule is CCNC(CCCS(C)(=O)=O)C1CCCC1C. The maximum absolute atomic E-state index is 11.1. The Morgan fingerprint density at radius 3 is 2.53 bits per heavy atom. The highest BCUT2D eigenvalue weighted by atomic mass is 32.2. The van der Waals surface area contributed by atoms with Crippen molar-refractivity contribution in [2.24, 2.45) is 11.8 Å². The van der Waals surface area contributed by atoms with E-state index in [1.165, 1.54) is 25.5 Å². The fourth-order valence-electron chi connectivity index (χ4n) is 3.07. The molecule has 0 aliphatic heterocycles. The predicted octanol–water partition coefficient (Wildman–Crippen LogP) is 2.23. The van der Waals surface area contributed by atoms with Crippen molar-refractivity contribution >= 4 is 9.84 Å². The van der Waals surface area contributed by atoms with E-state index in [0.717, 1.165) is 31.2 Å². The molecule has 0 saturated heterocycles. The Hall–Kier alpha value is -0.0900. The van der Waals surface area contributed by atoms with Crippen molar-refractivity contribution in [2.45, 2.75) is 52.0 Å². The molecule has 0 amide bonds. The molecule has 3 atom stereocenters. The van der Waals surface area contributed by atoms with Crippen LogP contribution in [-0.4, -0.2) is 33.0 Å².